The Kier molecular flexibility index (Phi) is 4.39. The van der Waals surface area contributed by atoms with Crippen molar-refractivity contribution in [1.82, 2.24) is 5.32 Å². The summed E-state index contributed by atoms with van der Waals surface area (Å²) in [5, 5.41) is 3.60. The lowest BCUT2D eigenvalue weighted by atomic mass is 10.0. The molecule has 0 unspecified atom stereocenters. The van der Waals surface area contributed by atoms with E-state index in [9.17, 15) is 0 Å². The molecule has 0 aliphatic heterocycles. The van der Waals surface area contributed by atoms with Crippen molar-refractivity contribution in [2.24, 2.45) is 0 Å². The first-order chi connectivity index (χ1) is 9.06. The minimum atomic E-state index is 0.375. The molecule has 2 aromatic rings. The van der Waals surface area contributed by atoms with Gasteiger partial charge in [0.05, 0.1) is 0 Å². The molecule has 0 fully saturated rings. The highest BCUT2D eigenvalue weighted by molar-refractivity contribution is 5.30. The SMILES string of the molecule is Cc1ccc([C@@H](C)NCc2cc(C)ccc2C)cc1. The van der Waals surface area contributed by atoms with Crippen molar-refractivity contribution in [2.75, 3.05) is 0 Å². The lowest BCUT2D eigenvalue weighted by Gasteiger charge is -2.16. The average molecular weight is 253 g/mol. The van der Waals surface area contributed by atoms with Gasteiger partial charge in [0.25, 0.3) is 0 Å². The zero-order chi connectivity index (χ0) is 13.8. The molecular weight excluding hydrogens is 230 g/mol. The Labute approximate surface area is 116 Å². The van der Waals surface area contributed by atoms with Gasteiger partial charge in [-0.15, -0.1) is 0 Å². The van der Waals surface area contributed by atoms with E-state index in [4.69, 9.17) is 0 Å². The van der Waals surface area contributed by atoms with Gasteiger partial charge in [0.15, 0.2) is 0 Å². The summed E-state index contributed by atoms with van der Waals surface area (Å²) in [5.41, 5.74) is 6.72. The van der Waals surface area contributed by atoms with Crippen LogP contribution in [0.3, 0.4) is 0 Å². The standard InChI is InChI=1S/C18H23N/c1-13-6-9-17(10-7-13)16(4)19-12-18-11-14(2)5-8-15(18)3/h5-11,16,19H,12H2,1-4H3/t16-/m1/s1. The minimum absolute atomic E-state index is 0.375. The number of hydrogen-bond donors (Lipinski definition) is 1. The van der Waals surface area contributed by atoms with E-state index in [-0.39, 0.29) is 0 Å². The minimum Gasteiger partial charge on any atom is -0.306 e. The molecule has 0 aliphatic rings. The van der Waals surface area contributed by atoms with Crippen LogP contribution in [0.25, 0.3) is 0 Å². The molecule has 2 aromatic carbocycles. The van der Waals surface area contributed by atoms with E-state index in [0.717, 1.165) is 6.54 Å². The highest BCUT2D eigenvalue weighted by Crippen LogP contribution is 2.16. The first-order valence-corrected chi connectivity index (χ1v) is 6.92. The fraction of sp³-hybridized carbons (Fsp3) is 0.333. The summed E-state index contributed by atoms with van der Waals surface area (Å²) in [4.78, 5) is 0. The molecule has 0 aliphatic carbocycles. The third kappa shape index (κ3) is 3.68. The van der Waals surface area contributed by atoms with E-state index in [2.05, 4.69) is 75.5 Å². The Morgan fingerprint density at radius 2 is 1.53 bits per heavy atom. The van der Waals surface area contributed by atoms with Crippen LogP contribution in [0, 0.1) is 20.8 Å². The van der Waals surface area contributed by atoms with Crippen LogP contribution in [0.15, 0.2) is 42.5 Å². The Bertz CT molecular complexity index is 540. The van der Waals surface area contributed by atoms with Crippen molar-refractivity contribution >= 4 is 0 Å². The summed E-state index contributed by atoms with van der Waals surface area (Å²) in [6.07, 6.45) is 0. The summed E-state index contributed by atoms with van der Waals surface area (Å²) < 4.78 is 0. The highest BCUT2D eigenvalue weighted by atomic mass is 14.9. The normalized spacial score (nSPS) is 12.4. The second-order valence-electron chi connectivity index (χ2n) is 5.44. The molecule has 0 heterocycles. The van der Waals surface area contributed by atoms with Gasteiger partial charge in [-0.1, -0.05) is 53.6 Å². The van der Waals surface area contributed by atoms with Crippen LogP contribution < -0.4 is 5.32 Å². The summed E-state index contributed by atoms with van der Waals surface area (Å²) >= 11 is 0. The predicted molar refractivity (Wildman–Crippen MR) is 82.3 cm³/mol. The van der Waals surface area contributed by atoms with Crippen LogP contribution in [0.1, 0.15) is 40.8 Å². The summed E-state index contributed by atoms with van der Waals surface area (Å²) in [7, 11) is 0. The quantitative estimate of drug-likeness (QED) is 0.848. The van der Waals surface area contributed by atoms with Crippen molar-refractivity contribution in [1.29, 1.82) is 0 Å². The third-order valence-corrected chi connectivity index (χ3v) is 3.68. The van der Waals surface area contributed by atoms with Gasteiger partial charge in [0.2, 0.25) is 0 Å². The molecule has 0 radical (unpaired) electrons. The number of nitrogens with one attached hydrogen (secondary N) is 1. The zero-order valence-electron chi connectivity index (χ0n) is 12.3. The highest BCUT2D eigenvalue weighted by Gasteiger charge is 2.05. The van der Waals surface area contributed by atoms with Gasteiger partial charge in [-0.25, -0.2) is 0 Å². The lowest BCUT2D eigenvalue weighted by molar-refractivity contribution is 0.573. The van der Waals surface area contributed by atoms with E-state index in [0.29, 0.717) is 6.04 Å². The fourth-order valence-electron chi connectivity index (χ4n) is 2.23. The molecule has 0 saturated carbocycles. The maximum atomic E-state index is 3.60. The first kappa shape index (κ1) is 13.8. The van der Waals surface area contributed by atoms with Crippen molar-refractivity contribution in [3.05, 3.63) is 70.3 Å². The van der Waals surface area contributed by atoms with E-state index >= 15 is 0 Å². The summed E-state index contributed by atoms with van der Waals surface area (Å²) in [6.45, 7) is 9.58. The second-order valence-corrected chi connectivity index (χ2v) is 5.44. The fourth-order valence-corrected chi connectivity index (χ4v) is 2.23. The Morgan fingerprint density at radius 3 is 2.21 bits per heavy atom. The van der Waals surface area contributed by atoms with Crippen LogP contribution >= 0.6 is 0 Å². The van der Waals surface area contributed by atoms with Gasteiger partial charge < -0.3 is 5.32 Å². The molecule has 0 spiro atoms. The maximum absolute atomic E-state index is 3.60. The van der Waals surface area contributed by atoms with E-state index in [1.54, 1.807) is 0 Å². The van der Waals surface area contributed by atoms with Crippen molar-refractivity contribution in [3.8, 4) is 0 Å². The monoisotopic (exact) mass is 253 g/mol. The van der Waals surface area contributed by atoms with Crippen molar-refractivity contribution < 1.29 is 0 Å². The number of aryl methyl sites for hydroxylation is 3. The van der Waals surface area contributed by atoms with Crippen molar-refractivity contribution in [3.63, 3.8) is 0 Å². The molecule has 1 N–H and O–H groups in total. The molecule has 1 nitrogen and oxygen atoms in total. The predicted octanol–water partition coefficient (Wildman–Crippen LogP) is 4.46. The molecule has 1 atom stereocenters. The Hall–Kier alpha value is -1.60. The molecule has 2 rings (SSSR count). The van der Waals surface area contributed by atoms with Gasteiger partial charge >= 0.3 is 0 Å². The first-order valence-electron chi connectivity index (χ1n) is 6.92. The van der Waals surface area contributed by atoms with Gasteiger partial charge in [0.1, 0.15) is 0 Å². The zero-order valence-corrected chi connectivity index (χ0v) is 12.3. The Morgan fingerprint density at radius 1 is 0.895 bits per heavy atom. The van der Waals surface area contributed by atoms with Crippen LogP contribution in [-0.2, 0) is 6.54 Å². The second kappa shape index (κ2) is 6.03. The number of rotatable bonds is 4. The molecule has 0 saturated heterocycles. The topological polar surface area (TPSA) is 12.0 Å². The van der Waals surface area contributed by atoms with E-state index in [1.165, 1.54) is 27.8 Å². The Balaban J connectivity index is 2.02. The lowest BCUT2D eigenvalue weighted by Crippen LogP contribution is -2.18. The summed E-state index contributed by atoms with van der Waals surface area (Å²) in [5.74, 6) is 0. The van der Waals surface area contributed by atoms with Gasteiger partial charge in [-0.3, -0.25) is 0 Å². The third-order valence-electron chi connectivity index (χ3n) is 3.68. The summed E-state index contributed by atoms with van der Waals surface area (Å²) in [6, 6.07) is 15.8. The molecule has 0 aromatic heterocycles. The van der Waals surface area contributed by atoms with Crippen LogP contribution in [0.5, 0.6) is 0 Å². The number of benzene rings is 2. The van der Waals surface area contributed by atoms with Crippen LogP contribution in [-0.4, -0.2) is 0 Å². The molecule has 100 valence electrons. The van der Waals surface area contributed by atoms with Gasteiger partial charge in [-0.05, 0) is 44.4 Å². The van der Waals surface area contributed by atoms with Crippen LogP contribution in [0.2, 0.25) is 0 Å². The molecule has 0 amide bonds. The van der Waals surface area contributed by atoms with E-state index < -0.39 is 0 Å². The average Bonchev–Trinajstić information content (AvgIpc) is 2.40. The van der Waals surface area contributed by atoms with Crippen molar-refractivity contribution in [2.45, 2.75) is 40.3 Å². The largest absolute Gasteiger partial charge is 0.306 e. The van der Waals surface area contributed by atoms with Gasteiger partial charge in [-0.2, -0.15) is 0 Å². The molecular formula is C18H23N. The smallest absolute Gasteiger partial charge is 0.0294 e. The number of hydrogen-bond acceptors (Lipinski definition) is 1. The molecule has 0 bridgehead atoms. The molecule has 1 heteroatoms. The van der Waals surface area contributed by atoms with Crippen LogP contribution in [0.4, 0.5) is 0 Å². The van der Waals surface area contributed by atoms with Gasteiger partial charge in [0, 0.05) is 12.6 Å². The maximum Gasteiger partial charge on any atom is 0.0294 e. The molecule has 19 heavy (non-hydrogen) atoms. The van der Waals surface area contributed by atoms with E-state index in [1.807, 2.05) is 0 Å².